The molecule has 0 spiro atoms. The normalized spacial score (nSPS) is 10.9. The Balaban J connectivity index is 4.58. The van der Waals surface area contributed by atoms with Crippen molar-refractivity contribution in [2.45, 2.75) is 26.7 Å². The zero-order chi connectivity index (χ0) is 11.9. The van der Waals surface area contributed by atoms with E-state index in [0.717, 1.165) is 0 Å². The second-order valence-electron chi connectivity index (χ2n) is 3.62. The van der Waals surface area contributed by atoms with Gasteiger partial charge in [-0.05, 0) is 12.8 Å². The molecule has 0 fully saturated rings. The van der Waals surface area contributed by atoms with E-state index in [9.17, 15) is 4.79 Å². The Labute approximate surface area is 91.8 Å². The summed E-state index contributed by atoms with van der Waals surface area (Å²) in [6.45, 7) is 4.76. The molecular weight excluding hydrogens is 192 g/mol. The van der Waals surface area contributed by atoms with E-state index >= 15 is 0 Å². The van der Waals surface area contributed by atoms with Gasteiger partial charge in [-0.1, -0.05) is 13.8 Å². The Morgan fingerprint density at radius 2 is 2.00 bits per heavy atom. The Morgan fingerprint density at radius 1 is 1.47 bits per heavy atom. The van der Waals surface area contributed by atoms with Crippen molar-refractivity contribution >= 4 is 5.91 Å². The van der Waals surface area contributed by atoms with Crippen molar-refractivity contribution in [3.8, 4) is 6.07 Å². The van der Waals surface area contributed by atoms with Crippen LogP contribution in [0, 0.1) is 16.7 Å². The number of likely N-dealkylation sites (N-methyl/N-ethyl adjacent to an activating group) is 1. The van der Waals surface area contributed by atoms with Crippen LogP contribution < -0.4 is 0 Å². The summed E-state index contributed by atoms with van der Waals surface area (Å²) >= 11 is 0. The number of methoxy groups -OCH3 is 1. The molecule has 0 heterocycles. The van der Waals surface area contributed by atoms with Crippen LogP contribution in [-0.2, 0) is 9.53 Å². The Bertz CT molecular complexity index is 241. The molecule has 4 heteroatoms. The predicted octanol–water partition coefficient (Wildman–Crippen LogP) is 1.42. The van der Waals surface area contributed by atoms with Crippen LogP contribution in [0.5, 0.6) is 0 Å². The summed E-state index contributed by atoms with van der Waals surface area (Å²) in [7, 11) is 3.30. The van der Waals surface area contributed by atoms with Gasteiger partial charge >= 0.3 is 0 Å². The van der Waals surface area contributed by atoms with Crippen LogP contribution >= 0.6 is 0 Å². The van der Waals surface area contributed by atoms with Gasteiger partial charge in [0.15, 0.2) is 0 Å². The number of carbonyl (C=O) groups excluding carboxylic acids is 1. The van der Waals surface area contributed by atoms with Crippen LogP contribution in [0.2, 0.25) is 0 Å². The summed E-state index contributed by atoms with van der Waals surface area (Å²) in [5.74, 6) is -0.105. The van der Waals surface area contributed by atoms with E-state index in [1.807, 2.05) is 13.8 Å². The maximum absolute atomic E-state index is 12.0. The van der Waals surface area contributed by atoms with E-state index < -0.39 is 5.41 Å². The fourth-order valence-electron chi connectivity index (χ4n) is 1.45. The second kappa shape index (κ2) is 6.41. The van der Waals surface area contributed by atoms with Gasteiger partial charge in [-0.25, -0.2) is 0 Å². The summed E-state index contributed by atoms with van der Waals surface area (Å²) in [4.78, 5) is 13.6. The smallest absolute Gasteiger partial charge is 0.242 e. The number of ether oxygens (including phenoxy) is 1. The number of nitrogens with zero attached hydrogens (tertiary/aromatic N) is 2. The molecule has 0 N–H and O–H groups in total. The number of nitriles is 1. The maximum atomic E-state index is 12.0. The van der Waals surface area contributed by atoms with Gasteiger partial charge in [0.1, 0.15) is 5.41 Å². The summed E-state index contributed by atoms with van der Waals surface area (Å²) in [6.07, 6.45) is 1.10. The van der Waals surface area contributed by atoms with Crippen molar-refractivity contribution in [1.82, 2.24) is 4.90 Å². The van der Waals surface area contributed by atoms with Crippen LogP contribution in [0.3, 0.4) is 0 Å². The minimum Gasteiger partial charge on any atom is -0.383 e. The van der Waals surface area contributed by atoms with E-state index in [1.165, 1.54) is 0 Å². The summed E-state index contributed by atoms with van der Waals surface area (Å²) in [5, 5.41) is 9.09. The first-order valence-electron chi connectivity index (χ1n) is 5.23. The zero-order valence-corrected chi connectivity index (χ0v) is 10.0. The van der Waals surface area contributed by atoms with Crippen molar-refractivity contribution in [2.24, 2.45) is 5.41 Å². The van der Waals surface area contributed by atoms with Crippen LogP contribution in [0.15, 0.2) is 0 Å². The Kier molecular flexibility index (Phi) is 5.95. The number of rotatable bonds is 6. The van der Waals surface area contributed by atoms with Gasteiger partial charge in [0.05, 0.1) is 12.7 Å². The molecule has 0 saturated carbocycles. The van der Waals surface area contributed by atoms with Gasteiger partial charge in [0.25, 0.3) is 0 Å². The standard InChI is InChI=1S/C11H20N2O2/c1-5-11(6-2,9-12)10(14)13(3)7-8-15-4/h5-8H2,1-4H3. The molecule has 0 bridgehead atoms. The van der Waals surface area contributed by atoms with E-state index in [1.54, 1.807) is 19.1 Å². The minimum absolute atomic E-state index is 0.105. The van der Waals surface area contributed by atoms with Crippen molar-refractivity contribution < 1.29 is 9.53 Å². The van der Waals surface area contributed by atoms with E-state index in [4.69, 9.17) is 10.00 Å². The van der Waals surface area contributed by atoms with Gasteiger partial charge in [0.2, 0.25) is 5.91 Å². The highest BCUT2D eigenvalue weighted by atomic mass is 16.5. The van der Waals surface area contributed by atoms with Crippen LogP contribution in [-0.4, -0.2) is 38.1 Å². The second-order valence-corrected chi connectivity index (χ2v) is 3.62. The molecule has 0 aliphatic carbocycles. The first-order valence-corrected chi connectivity index (χ1v) is 5.23. The molecule has 0 aromatic heterocycles. The van der Waals surface area contributed by atoms with Gasteiger partial charge in [-0.2, -0.15) is 5.26 Å². The van der Waals surface area contributed by atoms with E-state index in [-0.39, 0.29) is 5.91 Å². The van der Waals surface area contributed by atoms with Crippen molar-refractivity contribution in [3.05, 3.63) is 0 Å². The lowest BCUT2D eigenvalue weighted by Crippen LogP contribution is -2.42. The molecule has 0 aromatic rings. The number of hydrogen-bond acceptors (Lipinski definition) is 3. The maximum Gasteiger partial charge on any atom is 0.242 e. The van der Waals surface area contributed by atoms with Crippen LogP contribution in [0.1, 0.15) is 26.7 Å². The monoisotopic (exact) mass is 212 g/mol. The number of amides is 1. The average molecular weight is 212 g/mol. The van der Waals surface area contributed by atoms with Crippen molar-refractivity contribution in [2.75, 3.05) is 27.3 Å². The molecule has 0 atom stereocenters. The topological polar surface area (TPSA) is 53.3 Å². The lowest BCUT2D eigenvalue weighted by atomic mass is 9.82. The minimum atomic E-state index is -0.859. The van der Waals surface area contributed by atoms with Gasteiger partial charge < -0.3 is 9.64 Å². The highest BCUT2D eigenvalue weighted by Gasteiger charge is 2.36. The molecule has 15 heavy (non-hydrogen) atoms. The van der Waals surface area contributed by atoms with E-state index in [2.05, 4.69) is 6.07 Å². The highest BCUT2D eigenvalue weighted by molar-refractivity contribution is 5.85. The van der Waals surface area contributed by atoms with E-state index in [0.29, 0.717) is 26.0 Å². The van der Waals surface area contributed by atoms with Crippen molar-refractivity contribution in [1.29, 1.82) is 5.26 Å². The zero-order valence-electron chi connectivity index (χ0n) is 10.0. The third-order valence-corrected chi connectivity index (χ3v) is 2.81. The molecular formula is C11H20N2O2. The first kappa shape index (κ1) is 13.9. The summed E-state index contributed by atoms with van der Waals surface area (Å²) in [6, 6.07) is 2.14. The lowest BCUT2D eigenvalue weighted by molar-refractivity contribution is -0.138. The highest BCUT2D eigenvalue weighted by Crippen LogP contribution is 2.27. The molecule has 0 aliphatic rings. The Morgan fingerprint density at radius 3 is 2.33 bits per heavy atom. The fourth-order valence-corrected chi connectivity index (χ4v) is 1.45. The number of hydrogen-bond donors (Lipinski definition) is 0. The molecule has 0 aromatic carbocycles. The lowest BCUT2D eigenvalue weighted by Gasteiger charge is -2.28. The molecule has 0 saturated heterocycles. The molecule has 86 valence electrons. The van der Waals surface area contributed by atoms with Crippen molar-refractivity contribution in [3.63, 3.8) is 0 Å². The summed E-state index contributed by atoms with van der Waals surface area (Å²) < 4.78 is 4.90. The van der Waals surface area contributed by atoms with Gasteiger partial charge in [0, 0.05) is 20.7 Å². The Hall–Kier alpha value is -1.08. The molecule has 1 amide bonds. The third-order valence-electron chi connectivity index (χ3n) is 2.81. The first-order chi connectivity index (χ1) is 7.07. The fraction of sp³-hybridized carbons (Fsp3) is 0.818. The number of carbonyl (C=O) groups is 1. The molecule has 0 aliphatic heterocycles. The molecule has 4 nitrogen and oxygen atoms in total. The van der Waals surface area contributed by atoms with Gasteiger partial charge in [-0.3, -0.25) is 4.79 Å². The van der Waals surface area contributed by atoms with Crippen LogP contribution in [0.25, 0.3) is 0 Å². The third kappa shape index (κ3) is 3.21. The quantitative estimate of drug-likeness (QED) is 0.669. The van der Waals surface area contributed by atoms with Crippen LogP contribution in [0.4, 0.5) is 0 Å². The molecule has 0 radical (unpaired) electrons. The predicted molar refractivity (Wildman–Crippen MR) is 58.1 cm³/mol. The SMILES string of the molecule is CCC(C#N)(CC)C(=O)N(C)CCOC. The molecule has 0 rings (SSSR count). The molecule has 0 unspecified atom stereocenters. The largest absolute Gasteiger partial charge is 0.383 e. The summed E-state index contributed by atoms with van der Waals surface area (Å²) in [5.41, 5.74) is -0.859. The van der Waals surface area contributed by atoms with Gasteiger partial charge in [-0.15, -0.1) is 0 Å². The average Bonchev–Trinajstić information content (AvgIpc) is 2.28.